The average molecular weight is 365 g/mol. The molecular formula is C15H17BrN4O2. The molecule has 0 aliphatic carbocycles. The summed E-state index contributed by atoms with van der Waals surface area (Å²) in [6.45, 7) is 2.94. The molecule has 2 N–H and O–H groups in total. The molecule has 0 fully saturated rings. The van der Waals surface area contributed by atoms with Gasteiger partial charge < -0.3 is 15.4 Å². The number of amides is 1. The highest BCUT2D eigenvalue weighted by atomic mass is 79.9. The number of aromatic nitrogens is 2. The van der Waals surface area contributed by atoms with Crippen molar-refractivity contribution < 1.29 is 9.53 Å². The van der Waals surface area contributed by atoms with Crippen LogP contribution in [0.25, 0.3) is 0 Å². The van der Waals surface area contributed by atoms with E-state index in [1.165, 1.54) is 0 Å². The topological polar surface area (TPSA) is 73.4 Å². The number of aryl methyl sites for hydroxylation is 2. The van der Waals surface area contributed by atoms with Crippen molar-refractivity contribution in [2.45, 2.75) is 13.3 Å². The van der Waals surface area contributed by atoms with Gasteiger partial charge in [0, 0.05) is 24.3 Å². The van der Waals surface area contributed by atoms with Crippen molar-refractivity contribution in [3.8, 4) is 5.75 Å². The lowest BCUT2D eigenvalue weighted by Crippen LogP contribution is -2.32. The molecule has 0 unspecified atom stereocenters. The molecule has 0 atom stereocenters. The maximum atomic E-state index is 12.9. The van der Waals surface area contributed by atoms with Crippen LogP contribution >= 0.6 is 15.9 Å². The van der Waals surface area contributed by atoms with Crippen LogP contribution in [0.2, 0.25) is 0 Å². The number of carbonyl (C=O) groups is 1. The van der Waals surface area contributed by atoms with Crippen LogP contribution in [0.4, 0.5) is 11.4 Å². The van der Waals surface area contributed by atoms with Gasteiger partial charge in [-0.1, -0.05) is 15.9 Å². The fourth-order valence-corrected chi connectivity index (χ4v) is 3.12. The monoisotopic (exact) mass is 364 g/mol. The molecule has 7 heteroatoms. The maximum absolute atomic E-state index is 12.9. The Kier molecular flexibility index (Phi) is 3.82. The molecule has 3 rings (SSSR count). The number of nitrogens with two attached hydrogens (primary N) is 1. The second-order valence-corrected chi connectivity index (χ2v) is 6.22. The summed E-state index contributed by atoms with van der Waals surface area (Å²) in [7, 11) is 1.80. The third kappa shape index (κ3) is 2.56. The number of ether oxygens (including phenoxy) is 1. The lowest BCUT2D eigenvalue weighted by atomic mass is 10.1. The van der Waals surface area contributed by atoms with Crippen LogP contribution in [0.3, 0.4) is 0 Å². The number of nitrogens with zero attached hydrogens (tertiary/aromatic N) is 3. The van der Waals surface area contributed by atoms with Gasteiger partial charge in [-0.3, -0.25) is 9.48 Å². The van der Waals surface area contributed by atoms with Crippen LogP contribution in [-0.4, -0.2) is 28.8 Å². The second kappa shape index (κ2) is 5.64. The molecule has 1 amide bonds. The van der Waals surface area contributed by atoms with Gasteiger partial charge in [0.2, 0.25) is 0 Å². The van der Waals surface area contributed by atoms with Crippen molar-refractivity contribution in [1.82, 2.24) is 9.78 Å². The van der Waals surface area contributed by atoms with Crippen LogP contribution in [0.15, 0.2) is 22.8 Å². The van der Waals surface area contributed by atoms with Gasteiger partial charge in [-0.15, -0.1) is 0 Å². The summed E-state index contributed by atoms with van der Waals surface area (Å²) in [4.78, 5) is 14.6. The number of hydrogen-bond acceptors (Lipinski definition) is 4. The Morgan fingerprint density at radius 2 is 2.23 bits per heavy atom. The highest BCUT2D eigenvalue weighted by molar-refractivity contribution is 9.10. The molecule has 6 nitrogen and oxygen atoms in total. The molecule has 1 aliphatic heterocycles. The number of benzene rings is 1. The third-order valence-electron chi connectivity index (χ3n) is 3.61. The molecule has 0 saturated heterocycles. The first-order valence-electron chi connectivity index (χ1n) is 7.01. The highest BCUT2D eigenvalue weighted by Gasteiger charge is 2.27. The quantitative estimate of drug-likeness (QED) is 0.789. The van der Waals surface area contributed by atoms with Crippen LogP contribution in [0.5, 0.6) is 5.75 Å². The molecule has 1 aromatic carbocycles. The molecule has 2 heterocycles. The third-order valence-corrected chi connectivity index (χ3v) is 4.07. The number of anilines is 2. The van der Waals surface area contributed by atoms with Gasteiger partial charge in [-0.2, -0.15) is 5.10 Å². The predicted molar refractivity (Wildman–Crippen MR) is 88.3 cm³/mol. The average Bonchev–Trinajstić information content (AvgIpc) is 2.67. The normalized spacial score (nSPS) is 14.2. The minimum atomic E-state index is -0.105. The van der Waals surface area contributed by atoms with E-state index in [2.05, 4.69) is 21.0 Å². The zero-order chi connectivity index (χ0) is 15.9. The van der Waals surface area contributed by atoms with Gasteiger partial charge in [0.05, 0.1) is 23.6 Å². The molecule has 1 aromatic heterocycles. The molecule has 0 radical (unpaired) electrons. The fraction of sp³-hybridized carbons (Fsp3) is 0.333. The summed E-state index contributed by atoms with van der Waals surface area (Å²) < 4.78 is 8.21. The van der Waals surface area contributed by atoms with E-state index in [9.17, 15) is 4.79 Å². The van der Waals surface area contributed by atoms with Gasteiger partial charge in [-0.05, 0) is 25.5 Å². The number of hydrogen-bond donors (Lipinski definition) is 1. The molecular weight excluding hydrogens is 348 g/mol. The lowest BCUT2D eigenvalue weighted by Gasteiger charge is -2.23. The van der Waals surface area contributed by atoms with Gasteiger partial charge >= 0.3 is 0 Å². The molecule has 0 saturated carbocycles. The summed E-state index contributed by atoms with van der Waals surface area (Å²) in [6.07, 6.45) is 2.48. The predicted octanol–water partition coefficient (Wildman–Crippen LogP) is 2.50. The Labute approximate surface area is 137 Å². The van der Waals surface area contributed by atoms with E-state index < -0.39 is 0 Å². The van der Waals surface area contributed by atoms with E-state index in [0.29, 0.717) is 41.5 Å². The standard InChI is InChI=1S/C15H17BrN4O2/c1-9-11(8-19(2)18-9)15(21)20-4-3-5-22-13-7-10(16)6-12(17)14(13)20/h6-8H,3-5,17H2,1-2H3. The van der Waals surface area contributed by atoms with Crippen molar-refractivity contribution >= 4 is 33.2 Å². The van der Waals surface area contributed by atoms with Crippen LogP contribution in [0.1, 0.15) is 22.5 Å². The molecule has 0 spiro atoms. The van der Waals surface area contributed by atoms with Gasteiger partial charge in [-0.25, -0.2) is 0 Å². The second-order valence-electron chi connectivity index (χ2n) is 5.30. The zero-order valence-corrected chi connectivity index (χ0v) is 14.1. The van der Waals surface area contributed by atoms with Gasteiger partial charge in [0.1, 0.15) is 11.4 Å². The Bertz CT molecular complexity index is 741. The Hall–Kier alpha value is -2.02. The van der Waals surface area contributed by atoms with Gasteiger partial charge in [0.15, 0.2) is 0 Å². The Morgan fingerprint density at radius 3 is 2.91 bits per heavy atom. The molecule has 1 aliphatic rings. The zero-order valence-electron chi connectivity index (χ0n) is 12.5. The lowest BCUT2D eigenvalue weighted by molar-refractivity contribution is 0.0986. The summed E-state index contributed by atoms with van der Waals surface area (Å²) in [5.41, 5.74) is 8.57. The Balaban J connectivity index is 2.08. The van der Waals surface area contributed by atoms with Crippen molar-refractivity contribution in [3.05, 3.63) is 34.1 Å². The first-order valence-corrected chi connectivity index (χ1v) is 7.80. The smallest absolute Gasteiger partial charge is 0.261 e. The minimum Gasteiger partial charge on any atom is -0.491 e. The largest absolute Gasteiger partial charge is 0.491 e. The molecule has 22 heavy (non-hydrogen) atoms. The van der Waals surface area contributed by atoms with Crippen LogP contribution in [0, 0.1) is 6.92 Å². The number of halogens is 1. The fourth-order valence-electron chi connectivity index (χ4n) is 2.67. The van der Waals surface area contributed by atoms with Gasteiger partial charge in [0.25, 0.3) is 5.91 Å². The van der Waals surface area contributed by atoms with Crippen molar-refractivity contribution in [3.63, 3.8) is 0 Å². The number of nitrogen functional groups attached to an aromatic ring is 1. The van der Waals surface area contributed by atoms with E-state index in [1.807, 2.05) is 13.0 Å². The van der Waals surface area contributed by atoms with Crippen molar-refractivity contribution in [2.24, 2.45) is 7.05 Å². The molecule has 116 valence electrons. The molecule has 2 aromatic rings. The molecule has 0 bridgehead atoms. The summed E-state index contributed by atoms with van der Waals surface area (Å²) in [5.74, 6) is 0.519. The summed E-state index contributed by atoms with van der Waals surface area (Å²) in [5, 5.41) is 4.24. The SMILES string of the molecule is Cc1nn(C)cc1C(=O)N1CCCOc2cc(Br)cc(N)c21. The Morgan fingerprint density at radius 1 is 1.45 bits per heavy atom. The first kappa shape index (κ1) is 14.9. The number of fused-ring (bicyclic) bond motifs is 1. The maximum Gasteiger partial charge on any atom is 0.261 e. The van der Waals surface area contributed by atoms with Crippen molar-refractivity contribution in [1.29, 1.82) is 0 Å². The van der Waals surface area contributed by atoms with Crippen LogP contribution < -0.4 is 15.4 Å². The van der Waals surface area contributed by atoms with Crippen LogP contribution in [-0.2, 0) is 7.05 Å². The van der Waals surface area contributed by atoms with E-state index >= 15 is 0 Å². The first-order chi connectivity index (χ1) is 10.5. The van der Waals surface area contributed by atoms with E-state index in [1.54, 1.807) is 28.9 Å². The van der Waals surface area contributed by atoms with E-state index in [4.69, 9.17) is 10.5 Å². The summed E-state index contributed by atoms with van der Waals surface area (Å²) in [6, 6.07) is 3.62. The van der Waals surface area contributed by atoms with E-state index in [0.717, 1.165) is 10.9 Å². The minimum absolute atomic E-state index is 0.105. The van der Waals surface area contributed by atoms with Crippen molar-refractivity contribution in [2.75, 3.05) is 23.8 Å². The summed E-state index contributed by atoms with van der Waals surface area (Å²) >= 11 is 3.41. The van der Waals surface area contributed by atoms with E-state index in [-0.39, 0.29) is 5.91 Å². The highest BCUT2D eigenvalue weighted by Crippen LogP contribution is 2.39. The number of carbonyl (C=O) groups excluding carboxylic acids is 1. The number of rotatable bonds is 1.